The lowest BCUT2D eigenvalue weighted by molar-refractivity contribution is 0.946. The van der Waals surface area contributed by atoms with E-state index in [1.54, 1.807) is 0 Å². The zero-order valence-electron chi connectivity index (χ0n) is 5.56. The quantitative estimate of drug-likeness (QED) is 0.298. The summed E-state index contributed by atoms with van der Waals surface area (Å²) in [5.41, 5.74) is 2.22. The molecule has 0 spiro atoms. The number of halogens is 2. The van der Waals surface area contributed by atoms with E-state index in [0.717, 1.165) is 0 Å². The molecule has 0 unspecified atom stereocenters. The number of aliphatic imine (C=N–C) groups is 1. The molecule has 0 fully saturated rings. The Bertz CT molecular complexity index is 153. The van der Waals surface area contributed by atoms with Gasteiger partial charge in [0, 0.05) is 12.6 Å². The molecule has 58 valence electrons. The van der Waals surface area contributed by atoms with Crippen LogP contribution in [-0.4, -0.2) is 11.7 Å². The molecule has 0 saturated heterocycles. The number of rotatable bonds is 3. The van der Waals surface area contributed by atoms with E-state index >= 15 is 0 Å². The summed E-state index contributed by atoms with van der Waals surface area (Å²) < 4.78 is 0. The lowest BCUT2D eigenvalue weighted by Gasteiger charge is -1.93. The molecule has 0 aliphatic carbocycles. The van der Waals surface area contributed by atoms with Crippen molar-refractivity contribution < 1.29 is 0 Å². The van der Waals surface area contributed by atoms with Crippen molar-refractivity contribution in [3.63, 3.8) is 0 Å². The molecule has 10 heavy (non-hydrogen) atoms. The van der Waals surface area contributed by atoms with Gasteiger partial charge in [-0.25, -0.2) is 5.84 Å². The van der Waals surface area contributed by atoms with Gasteiger partial charge in [-0.3, -0.25) is 4.99 Å². The van der Waals surface area contributed by atoms with E-state index in [9.17, 15) is 0 Å². The normalized spacial score (nSPS) is 13.6. The maximum Gasteiger partial charge on any atom is 0.126 e. The largest absolute Gasteiger partial charge is 0.314 e. The fourth-order valence-electron chi connectivity index (χ4n) is 0.343. The standard InChI is InChI=1S/C5H9Cl2N3/c1-2-9-4(6)3-5(7)10-8/h3,10H,2,8H2,1H3/b5-3-,9-4+. The van der Waals surface area contributed by atoms with Gasteiger partial charge in [0.2, 0.25) is 0 Å². The van der Waals surface area contributed by atoms with Gasteiger partial charge in [-0.1, -0.05) is 23.2 Å². The Kier molecular flexibility index (Phi) is 5.39. The lowest BCUT2D eigenvalue weighted by atomic mass is 10.6. The van der Waals surface area contributed by atoms with Gasteiger partial charge in [0.15, 0.2) is 0 Å². The van der Waals surface area contributed by atoms with E-state index in [2.05, 4.69) is 10.4 Å². The van der Waals surface area contributed by atoms with Crippen molar-refractivity contribution in [2.75, 3.05) is 6.54 Å². The van der Waals surface area contributed by atoms with Gasteiger partial charge in [0.25, 0.3) is 0 Å². The van der Waals surface area contributed by atoms with Gasteiger partial charge < -0.3 is 5.43 Å². The second-order valence-corrected chi connectivity index (χ2v) is 2.23. The van der Waals surface area contributed by atoms with Crippen LogP contribution in [0, 0.1) is 0 Å². The number of hydrogen-bond donors (Lipinski definition) is 2. The minimum atomic E-state index is 0.266. The molecule has 0 atom stereocenters. The first kappa shape index (κ1) is 9.75. The monoisotopic (exact) mass is 181 g/mol. The first-order valence-electron chi connectivity index (χ1n) is 2.74. The Labute approximate surface area is 69.9 Å². The van der Waals surface area contributed by atoms with Gasteiger partial charge in [-0.05, 0) is 6.92 Å². The van der Waals surface area contributed by atoms with E-state index in [4.69, 9.17) is 29.0 Å². The average molecular weight is 182 g/mol. The maximum absolute atomic E-state index is 5.55. The molecule has 0 rings (SSSR count). The van der Waals surface area contributed by atoms with Gasteiger partial charge in [0.1, 0.15) is 10.3 Å². The topological polar surface area (TPSA) is 50.4 Å². The highest BCUT2D eigenvalue weighted by molar-refractivity contribution is 6.68. The summed E-state index contributed by atoms with van der Waals surface area (Å²) in [5.74, 6) is 4.95. The van der Waals surface area contributed by atoms with E-state index < -0.39 is 0 Å². The molecule has 0 amide bonds. The van der Waals surface area contributed by atoms with E-state index in [-0.39, 0.29) is 5.16 Å². The van der Waals surface area contributed by atoms with E-state index in [0.29, 0.717) is 11.7 Å². The minimum absolute atomic E-state index is 0.266. The highest BCUT2D eigenvalue weighted by Gasteiger charge is 1.89. The smallest absolute Gasteiger partial charge is 0.126 e. The summed E-state index contributed by atoms with van der Waals surface area (Å²) in [6.07, 6.45) is 1.44. The molecule has 0 heterocycles. The van der Waals surface area contributed by atoms with Gasteiger partial charge in [-0.2, -0.15) is 0 Å². The molecule has 0 aromatic carbocycles. The Morgan fingerprint density at radius 2 is 2.30 bits per heavy atom. The second kappa shape index (κ2) is 5.53. The summed E-state index contributed by atoms with van der Waals surface area (Å²) in [6.45, 7) is 2.50. The fourth-order valence-corrected chi connectivity index (χ4v) is 0.731. The average Bonchev–Trinajstić information content (AvgIpc) is 1.88. The summed E-state index contributed by atoms with van der Waals surface area (Å²) in [6, 6.07) is 0. The SMILES string of the molecule is CC/N=C(Cl)\C=C(\Cl)NN. The highest BCUT2D eigenvalue weighted by Crippen LogP contribution is 1.97. The van der Waals surface area contributed by atoms with Crippen LogP contribution in [0.1, 0.15) is 6.92 Å². The minimum Gasteiger partial charge on any atom is -0.314 e. The van der Waals surface area contributed by atoms with Crippen molar-refractivity contribution in [2.45, 2.75) is 6.92 Å². The molecule has 0 radical (unpaired) electrons. The van der Waals surface area contributed by atoms with Crippen molar-refractivity contribution in [2.24, 2.45) is 10.8 Å². The molecule has 0 saturated carbocycles. The molecule has 3 nitrogen and oxygen atoms in total. The first-order chi connectivity index (χ1) is 4.70. The maximum atomic E-state index is 5.55. The molecule has 0 bridgehead atoms. The van der Waals surface area contributed by atoms with Crippen LogP contribution in [-0.2, 0) is 0 Å². The van der Waals surface area contributed by atoms with Crippen LogP contribution in [0.4, 0.5) is 0 Å². The Morgan fingerprint density at radius 3 is 2.70 bits per heavy atom. The van der Waals surface area contributed by atoms with E-state index in [1.807, 2.05) is 6.92 Å². The number of hydrazine groups is 1. The highest BCUT2D eigenvalue weighted by atomic mass is 35.5. The molecular formula is C5H9Cl2N3. The van der Waals surface area contributed by atoms with Crippen molar-refractivity contribution in [1.29, 1.82) is 0 Å². The summed E-state index contributed by atoms with van der Waals surface area (Å²) in [4.78, 5) is 3.84. The van der Waals surface area contributed by atoms with Crippen LogP contribution in [0.15, 0.2) is 16.2 Å². The second-order valence-electron chi connectivity index (χ2n) is 1.43. The molecule has 0 aliphatic rings. The number of nitrogens with two attached hydrogens (primary N) is 1. The van der Waals surface area contributed by atoms with Gasteiger partial charge >= 0.3 is 0 Å². The predicted molar refractivity (Wildman–Crippen MR) is 45.1 cm³/mol. The van der Waals surface area contributed by atoms with E-state index in [1.165, 1.54) is 6.08 Å². The Morgan fingerprint density at radius 1 is 1.70 bits per heavy atom. The Balaban J connectivity index is 3.98. The van der Waals surface area contributed by atoms with Crippen LogP contribution in [0.2, 0.25) is 0 Å². The van der Waals surface area contributed by atoms with Crippen LogP contribution in [0.5, 0.6) is 0 Å². The molecule has 5 heteroatoms. The number of nitrogens with zero attached hydrogens (tertiary/aromatic N) is 1. The van der Waals surface area contributed by atoms with Crippen molar-refractivity contribution >= 4 is 28.4 Å². The molecule has 3 N–H and O–H groups in total. The number of nitrogens with one attached hydrogen (secondary N) is 1. The molecule has 0 aromatic rings. The van der Waals surface area contributed by atoms with Crippen LogP contribution in [0.25, 0.3) is 0 Å². The third kappa shape index (κ3) is 4.61. The summed E-state index contributed by atoms with van der Waals surface area (Å²) in [5, 5.41) is 0.604. The van der Waals surface area contributed by atoms with Crippen LogP contribution in [0.3, 0.4) is 0 Å². The molecule has 0 aromatic heterocycles. The zero-order valence-corrected chi connectivity index (χ0v) is 7.08. The van der Waals surface area contributed by atoms with Gasteiger partial charge in [-0.15, -0.1) is 0 Å². The number of hydrogen-bond acceptors (Lipinski definition) is 3. The fraction of sp³-hybridized carbons (Fsp3) is 0.400. The van der Waals surface area contributed by atoms with Crippen molar-refractivity contribution in [3.05, 3.63) is 11.2 Å². The van der Waals surface area contributed by atoms with Crippen LogP contribution < -0.4 is 11.3 Å². The predicted octanol–water partition coefficient (Wildman–Crippen LogP) is 1.19. The third-order valence-corrected chi connectivity index (χ3v) is 1.14. The third-order valence-electron chi connectivity index (χ3n) is 0.693. The first-order valence-corrected chi connectivity index (χ1v) is 3.50. The molecular weight excluding hydrogens is 173 g/mol. The Hall–Kier alpha value is -0.250. The lowest BCUT2D eigenvalue weighted by Crippen LogP contribution is -2.18. The van der Waals surface area contributed by atoms with Crippen molar-refractivity contribution in [3.8, 4) is 0 Å². The number of allylic oxidation sites excluding steroid dienone is 1. The van der Waals surface area contributed by atoms with Gasteiger partial charge in [0.05, 0.1) is 0 Å². The van der Waals surface area contributed by atoms with Crippen LogP contribution >= 0.6 is 23.2 Å². The summed E-state index contributed by atoms with van der Waals surface area (Å²) >= 11 is 11.0. The summed E-state index contributed by atoms with van der Waals surface area (Å²) in [7, 11) is 0. The van der Waals surface area contributed by atoms with Crippen molar-refractivity contribution in [1.82, 2.24) is 5.43 Å². The zero-order chi connectivity index (χ0) is 7.98. The molecule has 0 aliphatic heterocycles.